The number of ether oxygens (including phenoxy) is 3. The number of nitrogens with one attached hydrogen (secondary N) is 3. The van der Waals surface area contributed by atoms with Gasteiger partial charge < -0.3 is 74.5 Å². The van der Waals surface area contributed by atoms with Crippen LogP contribution in [0.2, 0.25) is 0 Å². The molecule has 1 aromatic carbocycles. The van der Waals surface area contributed by atoms with E-state index in [-0.39, 0.29) is 108 Å². The lowest BCUT2D eigenvalue weighted by molar-refractivity contribution is -0.164. The molecule has 0 spiro atoms. The molecule has 4 N–H and O–H groups in total. The van der Waals surface area contributed by atoms with Crippen molar-refractivity contribution in [3.05, 3.63) is 48.0 Å². The van der Waals surface area contributed by atoms with E-state index in [1.165, 1.54) is 71.7 Å². The number of carbonyl (C=O) groups excluding carboxylic acids is 13. The van der Waals surface area contributed by atoms with Gasteiger partial charge in [-0.25, -0.2) is 9.59 Å². The first kappa shape index (κ1) is 96.7. The molecule has 0 aliphatic carbocycles. The molecule has 0 aromatic heterocycles. The van der Waals surface area contributed by atoms with Gasteiger partial charge in [0.05, 0.1) is 18.7 Å². The van der Waals surface area contributed by atoms with Crippen molar-refractivity contribution in [2.75, 3.05) is 88.7 Å². The Hall–Kier alpha value is -8.34. The van der Waals surface area contributed by atoms with Gasteiger partial charge >= 0.3 is 18.0 Å². The average Bonchev–Trinajstić information content (AvgIpc) is 0.812. The van der Waals surface area contributed by atoms with E-state index >= 15 is 14.4 Å². The van der Waals surface area contributed by atoms with Crippen LogP contribution in [-0.2, 0) is 83.1 Å². The predicted molar refractivity (Wildman–Crippen MR) is 414 cm³/mol. The number of hydrogen-bond donors (Lipinski definition) is 4. The SMILES string of the molecule is C/C=C/C[C@@H](C)[C@@H](OC(C)=O)[C@@H](C(=O)N[C@@H](CC)C(=O)O)N(C)C(=O)[C@H](C(C)C)N(C)C(=O)[C@H](CC(C)C)N(C)C(=O)[C@H](CC(C)C)N(C)C(=O)[C@@H](C)CC(=O)[C@H](C)CC(=O)[C@H](CC(C)C)N(C)C(=O)[C@H](NC(=O)[C@@H]([C@H](C)COCC(=O)N1CCN(C(=O)OCc2ccccc2)CC1)N(C)C(=O)[C@H](C)NC)C(C)C. The first-order valence-corrected chi connectivity index (χ1v) is 38.6. The molecule has 29 nitrogen and oxygen atoms in total. The van der Waals surface area contributed by atoms with Crippen LogP contribution in [0.4, 0.5) is 4.79 Å². The summed E-state index contributed by atoms with van der Waals surface area (Å²) >= 11 is 0. The number of rotatable bonds is 45. The van der Waals surface area contributed by atoms with E-state index in [9.17, 15) is 57.8 Å². The van der Waals surface area contributed by atoms with Gasteiger partial charge in [-0.05, 0) is 94.1 Å². The van der Waals surface area contributed by atoms with Gasteiger partial charge in [0.2, 0.25) is 53.2 Å². The van der Waals surface area contributed by atoms with Crippen LogP contribution >= 0.6 is 0 Å². The predicted octanol–water partition coefficient (Wildman–Crippen LogP) is 6.33. The molecular formula is C80H133N11O18. The molecule has 0 unspecified atom stereocenters. The number of amides is 10. The van der Waals surface area contributed by atoms with Crippen molar-refractivity contribution in [2.45, 2.75) is 237 Å². The van der Waals surface area contributed by atoms with E-state index in [0.29, 0.717) is 6.42 Å². The Morgan fingerprint density at radius 2 is 1.02 bits per heavy atom. The first-order chi connectivity index (χ1) is 50.8. The van der Waals surface area contributed by atoms with E-state index in [1.54, 1.807) is 100 Å². The highest BCUT2D eigenvalue weighted by Crippen LogP contribution is 2.28. The minimum atomic E-state index is -1.56. The summed E-state index contributed by atoms with van der Waals surface area (Å²) < 4.78 is 17.2. The molecule has 0 saturated carbocycles. The number of benzene rings is 1. The molecule has 10 amide bonds. The third-order valence-electron chi connectivity index (χ3n) is 20.4. The standard InChI is InChI=1S/C80H133N11O18/c1-26-28-32-52(13)70(109-57(18)92)69(72(97)82-59(27-2)79(104)105)89(25)78(103)67(51(11)12)87(23)76(101)62(41-49(7)8)86(22)75(100)61(40-48(5)6)85(21)73(98)54(15)43-63(93)53(14)42-64(94)60(39-47(3)4)84(20)77(102)66(50(9)10)83-71(96)68(88(24)74(99)56(17)81-19)55(16)44-107-46-65(95)90-35-37-91(38-36-90)80(106)108-45-58-33-30-29-31-34-58/h26,28-31,33-34,47-56,59-62,66-70,81H,27,32,35-46H2,1-25H3,(H,82,97)(H,83,96)(H,104,105)/b28-26+/t52-,53-,54+,55-,56+,59+,60+,61+,62+,66-,67+,68-,69+,70-/m1/s1. The number of allylic oxidation sites excluding steroid dienone is 2. The Morgan fingerprint density at radius 1 is 0.541 bits per heavy atom. The molecule has 0 radical (unpaired) electrons. The van der Waals surface area contributed by atoms with Crippen molar-refractivity contribution < 1.29 is 86.4 Å². The number of carboxylic acids is 1. The third-order valence-corrected chi connectivity index (χ3v) is 20.4. The Bertz CT molecular complexity index is 3230. The summed E-state index contributed by atoms with van der Waals surface area (Å²) in [4.78, 5) is 208. The Kier molecular flexibility index (Phi) is 41.1. The van der Waals surface area contributed by atoms with Crippen molar-refractivity contribution in [2.24, 2.45) is 53.3 Å². The zero-order chi connectivity index (χ0) is 83.3. The third kappa shape index (κ3) is 29.1. The second-order valence-corrected chi connectivity index (χ2v) is 31.7. The summed E-state index contributed by atoms with van der Waals surface area (Å²) in [6.45, 7) is 31.4. The van der Waals surface area contributed by atoms with Crippen LogP contribution < -0.4 is 16.0 Å². The van der Waals surface area contributed by atoms with Gasteiger partial charge in [-0.3, -0.25) is 57.5 Å². The van der Waals surface area contributed by atoms with Gasteiger partial charge in [0.15, 0.2) is 5.78 Å². The Balaban J connectivity index is 2.40. The number of Topliss-reactive ketones (excluding diaryl/α,β-unsaturated/α-hetero) is 2. The zero-order valence-electron chi connectivity index (χ0n) is 69.9. The quantitative estimate of drug-likeness (QED) is 0.0409. The summed E-state index contributed by atoms with van der Waals surface area (Å²) in [7, 11) is 10.2. The van der Waals surface area contributed by atoms with Crippen LogP contribution in [0.1, 0.15) is 175 Å². The molecule has 109 heavy (non-hydrogen) atoms. The maximum atomic E-state index is 15.2. The normalized spacial score (nSPS) is 16.4. The summed E-state index contributed by atoms with van der Waals surface area (Å²) in [5.41, 5.74) is 0.844. The van der Waals surface area contributed by atoms with Crippen molar-refractivity contribution in [1.82, 2.24) is 55.1 Å². The minimum absolute atomic E-state index is 0.00386. The molecule has 2 rings (SSSR count). The summed E-state index contributed by atoms with van der Waals surface area (Å²) in [6, 6.07) is -1.48. The second-order valence-electron chi connectivity index (χ2n) is 31.7. The van der Waals surface area contributed by atoms with Crippen molar-refractivity contribution in [3.8, 4) is 0 Å². The number of nitrogens with zero attached hydrogens (tertiary/aromatic N) is 8. The molecule has 0 bridgehead atoms. The van der Waals surface area contributed by atoms with Crippen molar-refractivity contribution in [3.63, 3.8) is 0 Å². The number of carbonyl (C=O) groups is 14. The van der Waals surface area contributed by atoms with E-state index in [4.69, 9.17) is 14.2 Å². The molecule has 1 aromatic rings. The van der Waals surface area contributed by atoms with Crippen molar-refractivity contribution in [1.29, 1.82) is 0 Å². The molecule has 1 saturated heterocycles. The lowest BCUT2D eigenvalue weighted by atomic mass is 9.88. The highest BCUT2D eigenvalue weighted by molar-refractivity contribution is 5.99. The monoisotopic (exact) mass is 1540 g/mol. The van der Waals surface area contributed by atoms with Gasteiger partial charge in [0, 0.05) is 106 Å². The van der Waals surface area contributed by atoms with Gasteiger partial charge in [-0.2, -0.15) is 0 Å². The lowest BCUT2D eigenvalue weighted by Crippen LogP contribution is -2.63. The fraction of sp³-hybridized carbons (Fsp3) is 0.725. The van der Waals surface area contributed by atoms with Crippen LogP contribution in [0, 0.1) is 53.3 Å². The molecule has 1 fully saturated rings. The van der Waals surface area contributed by atoms with Gasteiger partial charge in [-0.15, -0.1) is 0 Å². The molecule has 29 heteroatoms. The number of hydrogen-bond acceptors (Lipinski definition) is 18. The lowest BCUT2D eigenvalue weighted by Gasteiger charge is -2.42. The molecule has 1 aliphatic rings. The molecule has 14 atom stereocenters. The molecule has 1 aliphatic heterocycles. The van der Waals surface area contributed by atoms with Crippen LogP contribution in [0.15, 0.2) is 42.5 Å². The summed E-state index contributed by atoms with van der Waals surface area (Å²) in [5, 5.41) is 18.2. The Labute approximate surface area is 648 Å². The van der Waals surface area contributed by atoms with Crippen LogP contribution in [0.5, 0.6) is 0 Å². The number of ketones is 2. The van der Waals surface area contributed by atoms with E-state index in [2.05, 4.69) is 16.0 Å². The van der Waals surface area contributed by atoms with Crippen LogP contribution in [-0.4, -0.2) is 276 Å². The summed E-state index contributed by atoms with van der Waals surface area (Å²) in [6.07, 6.45) is 1.93. The number of carboxylic acid groups (broad SMARTS) is 1. The Morgan fingerprint density at radius 3 is 1.50 bits per heavy atom. The summed E-state index contributed by atoms with van der Waals surface area (Å²) in [5.74, 6) is -13.3. The number of esters is 1. The van der Waals surface area contributed by atoms with E-state index < -0.39 is 173 Å². The molecule has 1 heterocycles. The highest BCUT2D eigenvalue weighted by Gasteiger charge is 2.47. The largest absolute Gasteiger partial charge is 0.480 e. The maximum Gasteiger partial charge on any atom is 0.410 e. The number of aliphatic carboxylic acids is 1. The van der Waals surface area contributed by atoms with E-state index in [1.807, 2.05) is 71.9 Å². The van der Waals surface area contributed by atoms with Gasteiger partial charge in [0.1, 0.15) is 67.4 Å². The molecular weight excluding hydrogens is 1400 g/mol. The number of piperazine rings is 1. The first-order valence-electron chi connectivity index (χ1n) is 38.6. The highest BCUT2D eigenvalue weighted by atomic mass is 16.6. The number of likely N-dealkylation sites (N-methyl/N-ethyl adjacent to an activating group) is 7. The maximum absolute atomic E-state index is 15.2. The van der Waals surface area contributed by atoms with Crippen LogP contribution in [0.3, 0.4) is 0 Å². The fourth-order valence-corrected chi connectivity index (χ4v) is 13.6. The van der Waals surface area contributed by atoms with Crippen LogP contribution in [0.25, 0.3) is 0 Å². The molecule has 616 valence electrons. The fourth-order valence-electron chi connectivity index (χ4n) is 13.6. The van der Waals surface area contributed by atoms with Gasteiger partial charge in [-0.1, -0.05) is 146 Å². The van der Waals surface area contributed by atoms with Gasteiger partial charge in [0.25, 0.3) is 0 Å². The van der Waals surface area contributed by atoms with Crippen molar-refractivity contribution >= 4 is 82.8 Å². The second kappa shape index (κ2) is 46.4. The topological polar surface area (TPSA) is 349 Å². The smallest absolute Gasteiger partial charge is 0.410 e. The average molecular weight is 1540 g/mol. The minimum Gasteiger partial charge on any atom is -0.480 e. The zero-order valence-corrected chi connectivity index (χ0v) is 69.9. The van der Waals surface area contributed by atoms with E-state index in [0.717, 1.165) is 17.4 Å².